The Kier molecular flexibility index (Phi) is 4.70. The second-order valence-corrected chi connectivity index (χ2v) is 4.06. The highest BCUT2D eigenvalue weighted by atomic mass is 16.3. The molecule has 78 valence electrons. The molecule has 0 radical (unpaired) electrons. The first-order valence-corrected chi connectivity index (χ1v) is 5.33. The van der Waals surface area contributed by atoms with Gasteiger partial charge in [0.1, 0.15) is 0 Å². The number of aliphatic hydroxyl groups excluding tert-OH is 1. The van der Waals surface area contributed by atoms with Crippen LogP contribution in [0.4, 0.5) is 0 Å². The van der Waals surface area contributed by atoms with Crippen molar-refractivity contribution in [2.75, 3.05) is 32.7 Å². The molecule has 1 saturated heterocycles. The maximum absolute atomic E-state index is 9.05. The Morgan fingerprint density at radius 2 is 2.38 bits per heavy atom. The first-order chi connectivity index (χ1) is 6.22. The highest BCUT2D eigenvalue weighted by Crippen LogP contribution is 2.14. The highest BCUT2D eigenvalue weighted by Gasteiger charge is 2.20. The van der Waals surface area contributed by atoms with Crippen molar-refractivity contribution in [2.24, 2.45) is 5.92 Å². The SMILES string of the molecule is CCN1CCC(CNCC(C)O)C1. The molecule has 1 rings (SSSR count). The van der Waals surface area contributed by atoms with E-state index in [0.717, 1.165) is 19.0 Å². The van der Waals surface area contributed by atoms with E-state index >= 15 is 0 Å². The van der Waals surface area contributed by atoms with E-state index in [4.69, 9.17) is 5.11 Å². The molecule has 1 heterocycles. The van der Waals surface area contributed by atoms with E-state index in [0.29, 0.717) is 0 Å². The lowest BCUT2D eigenvalue weighted by Gasteiger charge is -2.14. The summed E-state index contributed by atoms with van der Waals surface area (Å²) in [6.07, 6.45) is 1.09. The zero-order valence-corrected chi connectivity index (χ0v) is 8.79. The third-order valence-electron chi connectivity index (χ3n) is 2.69. The Morgan fingerprint density at radius 1 is 1.62 bits per heavy atom. The van der Waals surface area contributed by atoms with Crippen LogP contribution in [0, 0.1) is 5.92 Å². The molecule has 3 nitrogen and oxygen atoms in total. The van der Waals surface area contributed by atoms with Crippen molar-refractivity contribution in [3.05, 3.63) is 0 Å². The Labute approximate surface area is 81.1 Å². The molecule has 2 unspecified atom stereocenters. The van der Waals surface area contributed by atoms with E-state index in [1.54, 1.807) is 0 Å². The van der Waals surface area contributed by atoms with Crippen molar-refractivity contribution < 1.29 is 5.11 Å². The summed E-state index contributed by atoms with van der Waals surface area (Å²) in [5.41, 5.74) is 0. The lowest BCUT2D eigenvalue weighted by Crippen LogP contribution is -2.30. The topological polar surface area (TPSA) is 35.5 Å². The van der Waals surface area contributed by atoms with Crippen LogP contribution in [0.25, 0.3) is 0 Å². The molecular weight excluding hydrogens is 164 g/mol. The van der Waals surface area contributed by atoms with Crippen LogP contribution < -0.4 is 5.32 Å². The highest BCUT2D eigenvalue weighted by molar-refractivity contribution is 4.76. The summed E-state index contributed by atoms with van der Waals surface area (Å²) in [5, 5.41) is 12.3. The van der Waals surface area contributed by atoms with Crippen LogP contribution in [0.2, 0.25) is 0 Å². The van der Waals surface area contributed by atoms with Gasteiger partial charge in [-0.1, -0.05) is 6.92 Å². The van der Waals surface area contributed by atoms with E-state index in [-0.39, 0.29) is 6.10 Å². The average molecular weight is 186 g/mol. The molecule has 0 aliphatic carbocycles. The van der Waals surface area contributed by atoms with Crippen molar-refractivity contribution in [3.8, 4) is 0 Å². The first kappa shape index (κ1) is 11.0. The van der Waals surface area contributed by atoms with Crippen molar-refractivity contribution in [3.63, 3.8) is 0 Å². The lowest BCUT2D eigenvalue weighted by molar-refractivity contribution is 0.189. The van der Waals surface area contributed by atoms with Gasteiger partial charge in [-0.3, -0.25) is 0 Å². The molecule has 0 bridgehead atoms. The maximum Gasteiger partial charge on any atom is 0.0636 e. The number of nitrogens with one attached hydrogen (secondary N) is 1. The van der Waals surface area contributed by atoms with Crippen molar-refractivity contribution >= 4 is 0 Å². The van der Waals surface area contributed by atoms with Gasteiger partial charge in [0.05, 0.1) is 6.10 Å². The monoisotopic (exact) mass is 186 g/mol. The fraction of sp³-hybridized carbons (Fsp3) is 1.00. The van der Waals surface area contributed by atoms with Gasteiger partial charge in [-0.25, -0.2) is 0 Å². The predicted molar refractivity (Wildman–Crippen MR) is 54.8 cm³/mol. The molecule has 3 heteroatoms. The lowest BCUT2D eigenvalue weighted by atomic mass is 10.1. The summed E-state index contributed by atoms with van der Waals surface area (Å²) >= 11 is 0. The Morgan fingerprint density at radius 3 is 2.92 bits per heavy atom. The van der Waals surface area contributed by atoms with Gasteiger partial charge >= 0.3 is 0 Å². The van der Waals surface area contributed by atoms with Gasteiger partial charge in [0, 0.05) is 13.1 Å². The molecule has 0 amide bonds. The standard InChI is InChI=1S/C10H22N2O/c1-3-12-5-4-10(8-12)7-11-6-9(2)13/h9-11,13H,3-8H2,1-2H3. The predicted octanol–water partition coefficient (Wildman–Crippen LogP) is 0.299. The third kappa shape index (κ3) is 4.07. The van der Waals surface area contributed by atoms with Gasteiger partial charge in [-0.05, 0) is 38.9 Å². The van der Waals surface area contributed by atoms with Gasteiger partial charge in [0.15, 0.2) is 0 Å². The second-order valence-electron chi connectivity index (χ2n) is 4.06. The zero-order chi connectivity index (χ0) is 9.68. The van der Waals surface area contributed by atoms with Crippen LogP contribution in [-0.2, 0) is 0 Å². The van der Waals surface area contributed by atoms with Gasteiger partial charge in [0.25, 0.3) is 0 Å². The van der Waals surface area contributed by atoms with Gasteiger partial charge in [0.2, 0.25) is 0 Å². The van der Waals surface area contributed by atoms with Crippen LogP contribution in [0.5, 0.6) is 0 Å². The molecule has 1 fully saturated rings. The molecule has 2 N–H and O–H groups in total. The summed E-state index contributed by atoms with van der Waals surface area (Å²) in [6.45, 7) is 9.46. The minimum atomic E-state index is -0.219. The largest absolute Gasteiger partial charge is 0.392 e. The molecule has 0 aromatic heterocycles. The van der Waals surface area contributed by atoms with Crippen LogP contribution >= 0.6 is 0 Å². The molecule has 1 aliphatic heterocycles. The molecular formula is C10H22N2O. The summed E-state index contributed by atoms with van der Waals surface area (Å²) in [7, 11) is 0. The summed E-state index contributed by atoms with van der Waals surface area (Å²) < 4.78 is 0. The normalized spacial score (nSPS) is 26.5. The smallest absolute Gasteiger partial charge is 0.0636 e. The van der Waals surface area contributed by atoms with Crippen LogP contribution in [-0.4, -0.2) is 48.8 Å². The number of nitrogens with zero attached hydrogens (tertiary/aromatic N) is 1. The molecule has 13 heavy (non-hydrogen) atoms. The fourth-order valence-corrected chi connectivity index (χ4v) is 1.86. The third-order valence-corrected chi connectivity index (χ3v) is 2.69. The van der Waals surface area contributed by atoms with Crippen LogP contribution in [0.1, 0.15) is 20.3 Å². The van der Waals surface area contributed by atoms with Crippen LogP contribution in [0.3, 0.4) is 0 Å². The van der Waals surface area contributed by atoms with E-state index in [9.17, 15) is 0 Å². The fourth-order valence-electron chi connectivity index (χ4n) is 1.86. The Bertz CT molecular complexity index is 139. The summed E-state index contributed by atoms with van der Waals surface area (Å²) in [6, 6.07) is 0. The van der Waals surface area contributed by atoms with Gasteiger partial charge in [-0.15, -0.1) is 0 Å². The molecule has 1 aliphatic rings. The Hall–Kier alpha value is -0.120. The average Bonchev–Trinajstić information content (AvgIpc) is 2.52. The Balaban J connectivity index is 2.03. The molecule has 0 aromatic carbocycles. The summed E-state index contributed by atoms with van der Waals surface area (Å²) in [5.74, 6) is 0.790. The minimum absolute atomic E-state index is 0.219. The molecule has 2 atom stereocenters. The number of rotatable bonds is 5. The van der Waals surface area contributed by atoms with Gasteiger partial charge < -0.3 is 15.3 Å². The van der Waals surface area contributed by atoms with Crippen molar-refractivity contribution in [2.45, 2.75) is 26.4 Å². The molecule has 0 saturated carbocycles. The molecule has 0 aromatic rings. The second kappa shape index (κ2) is 5.58. The minimum Gasteiger partial charge on any atom is -0.392 e. The van der Waals surface area contributed by atoms with Crippen LogP contribution in [0.15, 0.2) is 0 Å². The molecule has 0 spiro atoms. The van der Waals surface area contributed by atoms with E-state index in [2.05, 4.69) is 17.1 Å². The number of aliphatic hydroxyl groups is 1. The number of hydrogen-bond donors (Lipinski definition) is 2. The number of hydrogen-bond acceptors (Lipinski definition) is 3. The number of likely N-dealkylation sites (tertiary alicyclic amines) is 1. The van der Waals surface area contributed by atoms with Gasteiger partial charge in [-0.2, -0.15) is 0 Å². The van der Waals surface area contributed by atoms with E-state index in [1.165, 1.54) is 26.1 Å². The maximum atomic E-state index is 9.05. The first-order valence-electron chi connectivity index (χ1n) is 5.33. The van der Waals surface area contributed by atoms with E-state index < -0.39 is 0 Å². The zero-order valence-electron chi connectivity index (χ0n) is 8.79. The van der Waals surface area contributed by atoms with E-state index in [1.807, 2.05) is 6.92 Å². The summed E-state index contributed by atoms with van der Waals surface area (Å²) in [4.78, 5) is 2.48. The van der Waals surface area contributed by atoms with Crippen molar-refractivity contribution in [1.82, 2.24) is 10.2 Å². The quantitative estimate of drug-likeness (QED) is 0.648. The van der Waals surface area contributed by atoms with Crippen molar-refractivity contribution in [1.29, 1.82) is 0 Å².